The smallest absolute Gasteiger partial charge is 0.267 e. The molecule has 2 aromatic rings. The van der Waals surface area contributed by atoms with Crippen molar-refractivity contribution >= 4 is 11.6 Å². The van der Waals surface area contributed by atoms with E-state index in [0.29, 0.717) is 31.4 Å². The molecule has 27 heavy (non-hydrogen) atoms. The van der Waals surface area contributed by atoms with Crippen LogP contribution in [-0.4, -0.2) is 30.9 Å². The largest absolute Gasteiger partial charge is 0.497 e. The summed E-state index contributed by atoms with van der Waals surface area (Å²) in [5.74, 6) is 0.323. The lowest BCUT2D eigenvalue weighted by atomic mass is 9.95. The lowest BCUT2D eigenvalue weighted by molar-refractivity contribution is -0.141. The number of carbonyl (C=O) groups excluding carboxylic acids is 1. The van der Waals surface area contributed by atoms with Gasteiger partial charge in [-0.15, -0.1) is 0 Å². The molecule has 2 aromatic carbocycles. The third kappa shape index (κ3) is 4.45. The number of benzene rings is 2. The normalized spacial score (nSPS) is 18.6. The molecule has 142 valence electrons. The summed E-state index contributed by atoms with van der Waals surface area (Å²) in [4.78, 5) is 18.0. The van der Waals surface area contributed by atoms with Crippen molar-refractivity contribution in [3.63, 3.8) is 0 Å². The molecule has 1 aliphatic heterocycles. The van der Waals surface area contributed by atoms with Crippen LogP contribution in [0.15, 0.2) is 53.7 Å². The maximum atomic E-state index is 13.6. The number of methoxy groups -OCH3 is 1. The third-order valence-corrected chi connectivity index (χ3v) is 4.63. The van der Waals surface area contributed by atoms with Crippen LogP contribution in [0.3, 0.4) is 0 Å². The molecule has 0 aliphatic carbocycles. The van der Waals surface area contributed by atoms with Crippen molar-refractivity contribution in [1.82, 2.24) is 5.32 Å². The van der Waals surface area contributed by atoms with Crippen molar-refractivity contribution in [3.05, 3.63) is 65.5 Å². The fourth-order valence-corrected chi connectivity index (χ4v) is 2.97. The van der Waals surface area contributed by atoms with Crippen LogP contribution in [0.25, 0.3) is 0 Å². The Labute approximate surface area is 158 Å². The van der Waals surface area contributed by atoms with Crippen LogP contribution in [0, 0.1) is 5.82 Å². The highest BCUT2D eigenvalue weighted by Crippen LogP contribution is 2.27. The zero-order chi connectivity index (χ0) is 19.3. The van der Waals surface area contributed by atoms with Gasteiger partial charge in [-0.25, -0.2) is 4.39 Å². The first kappa shape index (κ1) is 18.9. The minimum atomic E-state index is -1.03. The Morgan fingerprint density at radius 1 is 1.26 bits per heavy atom. The number of nitrogens with one attached hydrogen (secondary N) is 1. The molecular weight excluding hydrogens is 347 g/mol. The number of halogens is 1. The first-order valence-corrected chi connectivity index (χ1v) is 8.93. The second-order valence-electron chi connectivity index (χ2n) is 6.72. The molecule has 1 aliphatic rings. The zero-order valence-corrected chi connectivity index (χ0v) is 15.5. The van der Waals surface area contributed by atoms with Gasteiger partial charge in [0.15, 0.2) is 0 Å². The van der Waals surface area contributed by atoms with Gasteiger partial charge in [-0.05, 0) is 61.2 Å². The van der Waals surface area contributed by atoms with E-state index in [1.54, 1.807) is 26.2 Å². The van der Waals surface area contributed by atoms with Crippen molar-refractivity contribution in [2.45, 2.75) is 31.8 Å². The van der Waals surface area contributed by atoms with Crippen molar-refractivity contribution in [2.75, 3.05) is 13.7 Å². The predicted molar refractivity (Wildman–Crippen MR) is 101 cm³/mol. The van der Waals surface area contributed by atoms with Gasteiger partial charge in [0, 0.05) is 13.0 Å². The van der Waals surface area contributed by atoms with Crippen LogP contribution in [0.5, 0.6) is 5.75 Å². The second-order valence-corrected chi connectivity index (χ2v) is 6.72. The predicted octanol–water partition coefficient (Wildman–Crippen LogP) is 3.47. The first-order chi connectivity index (χ1) is 13.0. The summed E-state index contributed by atoms with van der Waals surface area (Å²) in [6, 6.07) is 14.1. The van der Waals surface area contributed by atoms with E-state index < -0.39 is 5.60 Å². The molecule has 0 saturated carbocycles. The molecule has 0 bridgehead atoms. The average Bonchev–Trinajstić information content (AvgIpc) is 3.10. The summed E-state index contributed by atoms with van der Waals surface area (Å²) in [6.45, 7) is 2.17. The van der Waals surface area contributed by atoms with E-state index in [1.165, 1.54) is 6.07 Å². The molecule has 3 rings (SSSR count). The number of oxime groups is 1. The Bertz CT molecular complexity index is 836. The molecule has 1 amide bonds. The van der Waals surface area contributed by atoms with Crippen molar-refractivity contribution < 1.29 is 18.8 Å². The van der Waals surface area contributed by atoms with E-state index >= 15 is 0 Å². The molecule has 1 heterocycles. The molecular formula is C21H23FN2O3. The number of aryl methyl sites for hydroxylation is 1. The summed E-state index contributed by atoms with van der Waals surface area (Å²) in [5.41, 5.74) is 1.24. The van der Waals surface area contributed by atoms with Gasteiger partial charge in [-0.3, -0.25) is 4.79 Å². The molecule has 0 spiro atoms. The molecule has 6 heteroatoms. The summed E-state index contributed by atoms with van der Waals surface area (Å²) < 4.78 is 18.8. The first-order valence-electron chi connectivity index (χ1n) is 8.93. The van der Waals surface area contributed by atoms with Crippen LogP contribution < -0.4 is 10.1 Å². The number of carbonyl (C=O) groups is 1. The zero-order valence-electron chi connectivity index (χ0n) is 15.5. The SMILES string of the molecule is COc1ccc(C2=NO[C@@](C)(C(=O)NCCCc3ccccc3F)C2)cc1. The number of amides is 1. The average molecular weight is 370 g/mol. The number of hydrogen-bond acceptors (Lipinski definition) is 4. The Hall–Kier alpha value is -2.89. The van der Waals surface area contributed by atoms with Gasteiger partial charge in [0.2, 0.25) is 5.60 Å². The van der Waals surface area contributed by atoms with E-state index in [4.69, 9.17) is 9.57 Å². The van der Waals surface area contributed by atoms with Gasteiger partial charge in [0.25, 0.3) is 5.91 Å². The molecule has 5 nitrogen and oxygen atoms in total. The molecule has 0 fully saturated rings. The Kier molecular flexibility index (Phi) is 5.74. The van der Waals surface area contributed by atoms with Gasteiger partial charge in [0.05, 0.1) is 12.8 Å². The van der Waals surface area contributed by atoms with E-state index in [9.17, 15) is 9.18 Å². The highest BCUT2D eigenvalue weighted by atomic mass is 19.1. The van der Waals surface area contributed by atoms with E-state index in [-0.39, 0.29) is 11.7 Å². The Balaban J connectivity index is 1.49. The van der Waals surface area contributed by atoms with Crippen LogP contribution in [0.1, 0.15) is 30.9 Å². The lowest BCUT2D eigenvalue weighted by Crippen LogP contribution is -2.45. The highest BCUT2D eigenvalue weighted by Gasteiger charge is 2.41. The molecule has 0 saturated heterocycles. The van der Waals surface area contributed by atoms with Gasteiger partial charge >= 0.3 is 0 Å². The molecule has 0 unspecified atom stereocenters. The van der Waals surface area contributed by atoms with Gasteiger partial charge in [-0.1, -0.05) is 23.4 Å². The third-order valence-electron chi connectivity index (χ3n) is 4.63. The Morgan fingerprint density at radius 2 is 2.00 bits per heavy atom. The number of nitrogens with zero attached hydrogens (tertiary/aromatic N) is 1. The molecule has 1 N–H and O–H groups in total. The van der Waals surface area contributed by atoms with Crippen LogP contribution in [0.2, 0.25) is 0 Å². The topological polar surface area (TPSA) is 59.9 Å². The molecule has 0 aromatic heterocycles. The fraction of sp³-hybridized carbons (Fsp3) is 0.333. The molecule has 1 atom stereocenters. The molecule has 0 radical (unpaired) electrons. The maximum absolute atomic E-state index is 13.6. The van der Waals surface area contributed by atoms with Crippen LogP contribution in [-0.2, 0) is 16.1 Å². The monoisotopic (exact) mass is 370 g/mol. The highest BCUT2D eigenvalue weighted by molar-refractivity contribution is 6.05. The van der Waals surface area contributed by atoms with Crippen LogP contribution in [0.4, 0.5) is 4.39 Å². The summed E-state index contributed by atoms with van der Waals surface area (Å²) in [5, 5.41) is 6.95. The van der Waals surface area contributed by atoms with Crippen molar-refractivity contribution in [1.29, 1.82) is 0 Å². The van der Waals surface area contributed by atoms with Gasteiger partial charge < -0.3 is 14.9 Å². The minimum absolute atomic E-state index is 0.215. The van der Waals surface area contributed by atoms with E-state index in [2.05, 4.69) is 10.5 Å². The van der Waals surface area contributed by atoms with Crippen LogP contribution >= 0.6 is 0 Å². The quantitative estimate of drug-likeness (QED) is 0.760. The summed E-state index contributed by atoms with van der Waals surface area (Å²) in [6.07, 6.45) is 1.60. The second kappa shape index (κ2) is 8.20. The van der Waals surface area contributed by atoms with E-state index in [0.717, 1.165) is 17.0 Å². The fourth-order valence-electron chi connectivity index (χ4n) is 2.97. The standard InChI is InChI=1S/C21H23FN2O3/c1-21(14-19(24-27-21)16-9-11-17(26-2)12-10-16)20(25)23-13-5-7-15-6-3-4-8-18(15)22/h3-4,6,8-12H,5,7,13-14H2,1-2H3,(H,23,25)/t21-/m1/s1. The lowest BCUT2D eigenvalue weighted by Gasteiger charge is -2.20. The van der Waals surface area contributed by atoms with Crippen molar-refractivity contribution in [3.8, 4) is 5.75 Å². The number of ether oxygens (including phenoxy) is 1. The maximum Gasteiger partial charge on any atom is 0.267 e. The van der Waals surface area contributed by atoms with Crippen molar-refractivity contribution in [2.24, 2.45) is 5.16 Å². The summed E-state index contributed by atoms with van der Waals surface area (Å²) in [7, 11) is 1.61. The number of hydrogen-bond donors (Lipinski definition) is 1. The van der Waals surface area contributed by atoms with E-state index in [1.807, 2.05) is 30.3 Å². The Morgan fingerprint density at radius 3 is 2.70 bits per heavy atom. The summed E-state index contributed by atoms with van der Waals surface area (Å²) >= 11 is 0. The van der Waals surface area contributed by atoms with Gasteiger partial charge in [0.1, 0.15) is 11.6 Å². The van der Waals surface area contributed by atoms with Gasteiger partial charge in [-0.2, -0.15) is 0 Å². The number of rotatable bonds is 7. The minimum Gasteiger partial charge on any atom is -0.497 e.